The number of Topliss-reactive ketones (excluding diaryl/α,β-unsaturated/α-hetero) is 1. The molecule has 2 aliphatic rings. The summed E-state index contributed by atoms with van der Waals surface area (Å²) in [6.45, 7) is 4.00. The third-order valence-corrected chi connectivity index (χ3v) is 5.98. The number of aliphatic hydroxyl groups is 1. The molecule has 2 atom stereocenters. The van der Waals surface area contributed by atoms with Gasteiger partial charge in [0.15, 0.2) is 22.5 Å². The van der Waals surface area contributed by atoms with Crippen molar-refractivity contribution in [2.24, 2.45) is 5.41 Å². The molecule has 120 valence electrons. The zero-order valence-electron chi connectivity index (χ0n) is 12.8. The molecular weight excluding hydrogens is 334 g/mol. The topological polar surface area (TPSA) is 68.0 Å². The summed E-state index contributed by atoms with van der Waals surface area (Å²) in [5.41, 5.74) is -0.716. The second-order valence-corrected chi connectivity index (χ2v) is 8.51. The summed E-state index contributed by atoms with van der Waals surface area (Å²) in [5.74, 6) is 0.598. The molecule has 23 heavy (non-hydrogen) atoms. The van der Waals surface area contributed by atoms with Gasteiger partial charge in [0.25, 0.3) is 0 Å². The fourth-order valence-corrected chi connectivity index (χ4v) is 4.84. The first-order chi connectivity index (χ1) is 10.8. The monoisotopic (exact) mass is 349 g/mol. The Morgan fingerprint density at radius 3 is 2.74 bits per heavy atom. The predicted molar refractivity (Wildman–Crippen MR) is 88.3 cm³/mol. The van der Waals surface area contributed by atoms with Gasteiger partial charge in [0.1, 0.15) is 5.25 Å². The van der Waals surface area contributed by atoms with Gasteiger partial charge >= 0.3 is 0 Å². The normalized spacial score (nSPS) is 28.5. The third-order valence-electron chi connectivity index (χ3n) is 4.37. The molecule has 1 aromatic carbocycles. The first kappa shape index (κ1) is 15.2. The van der Waals surface area contributed by atoms with Crippen LogP contribution >= 0.6 is 23.4 Å². The maximum Gasteiger partial charge on any atom is 0.190 e. The summed E-state index contributed by atoms with van der Waals surface area (Å²) in [6.07, 6.45) is 0.960. The van der Waals surface area contributed by atoms with Crippen molar-refractivity contribution < 1.29 is 9.90 Å². The van der Waals surface area contributed by atoms with E-state index in [0.29, 0.717) is 28.8 Å². The molecule has 0 radical (unpaired) electrons. The van der Waals surface area contributed by atoms with E-state index in [1.807, 2.05) is 26.0 Å². The van der Waals surface area contributed by atoms with Crippen molar-refractivity contribution in [3.8, 4) is 11.4 Å². The number of carbonyl (C=O) groups excluding carboxylic acids is 1. The summed E-state index contributed by atoms with van der Waals surface area (Å²) < 4.78 is 1.53. The number of nitrogens with zero attached hydrogens (tertiary/aromatic N) is 3. The van der Waals surface area contributed by atoms with Gasteiger partial charge in [0.05, 0.1) is 0 Å². The van der Waals surface area contributed by atoms with Crippen LogP contribution in [0.4, 0.5) is 0 Å². The molecule has 2 unspecified atom stereocenters. The lowest BCUT2D eigenvalue weighted by molar-refractivity contribution is -0.146. The average molecular weight is 350 g/mol. The number of carbonyl (C=O) groups is 1. The highest BCUT2D eigenvalue weighted by Gasteiger charge is 2.58. The number of halogens is 1. The van der Waals surface area contributed by atoms with Crippen LogP contribution in [0.25, 0.3) is 11.4 Å². The number of fused-ring (bicyclic) bond motifs is 3. The van der Waals surface area contributed by atoms with Crippen LogP contribution < -0.4 is 0 Å². The molecule has 0 spiro atoms. The Balaban J connectivity index is 1.77. The number of aromatic nitrogens is 3. The summed E-state index contributed by atoms with van der Waals surface area (Å²) in [4.78, 5) is 16.9. The number of rotatable bonds is 1. The highest BCUT2D eigenvalue weighted by molar-refractivity contribution is 8.00. The van der Waals surface area contributed by atoms with Crippen LogP contribution in [-0.4, -0.2) is 30.9 Å². The smallest absolute Gasteiger partial charge is 0.190 e. The quantitative estimate of drug-likeness (QED) is 0.856. The molecule has 0 amide bonds. The van der Waals surface area contributed by atoms with Gasteiger partial charge in [-0.25, -0.2) is 9.67 Å². The molecule has 1 N–H and O–H groups in total. The Hall–Kier alpha value is -1.37. The highest BCUT2D eigenvalue weighted by atomic mass is 35.5. The molecule has 2 heterocycles. The van der Waals surface area contributed by atoms with Crippen molar-refractivity contribution in [1.29, 1.82) is 0 Å². The molecule has 4 rings (SSSR count). The summed E-state index contributed by atoms with van der Waals surface area (Å²) >= 11 is 7.22. The molecule has 1 aromatic heterocycles. The van der Waals surface area contributed by atoms with Gasteiger partial charge in [0.2, 0.25) is 0 Å². The first-order valence-electron chi connectivity index (χ1n) is 7.44. The molecular formula is C16H16ClN3O2S. The van der Waals surface area contributed by atoms with E-state index in [0.717, 1.165) is 5.56 Å². The van der Waals surface area contributed by atoms with Crippen LogP contribution in [0.5, 0.6) is 0 Å². The summed E-state index contributed by atoms with van der Waals surface area (Å²) in [5, 5.41) is 16.4. The minimum absolute atomic E-state index is 0.0640. The lowest BCUT2D eigenvalue weighted by Gasteiger charge is -2.41. The van der Waals surface area contributed by atoms with Gasteiger partial charge < -0.3 is 5.11 Å². The molecule has 1 saturated carbocycles. The zero-order chi connectivity index (χ0) is 16.4. The van der Waals surface area contributed by atoms with Crippen molar-refractivity contribution in [3.63, 3.8) is 0 Å². The van der Waals surface area contributed by atoms with E-state index >= 15 is 0 Å². The van der Waals surface area contributed by atoms with Crippen molar-refractivity contribution in [2.75, 3.05) is 0 Å². The second kappa shape index (κ2) is 4.82. The Labute approximate surface area is 143 Å². The Bertz CT molecular complexity index is 802. The maximum absolute atomic E-state index is 12.4. The molecule has 0 saturated heterocycles. The molecule has 1 aliphatic carbocycles. The largest absolute Gasteiger partial charge is 0.368 e. The minimum Gasteiger partial charge on any atom is -0.368 e. The van der Waals surface area contributed by atoms with Crippen LogP contribution in [-0.2, 0) is 10.5 Å². The Kier molecular flexibility index (Phi) is 3.18. The number of thioether (sulfide) groups is 1. The highest BCUT2D eigenvalue weighted by Crippen LogP contribution is 2.52. The van der Waals surface area contributed by atoms with E-state index in [1.54, 1.807) is 12.1 Å². The van der Waals surface area contributed by atoms with Crippen molar-refractivity contribution in [1.82, 2.24) is 14.8 Å². The van der Waals surface area contributed by atoms with Crippen molar-refractivity contribution in [3.05, 3.63) is 29.3 Å². The summed E-state index contributed by atoms with van der Waals surface area (Å²) in [7, 11) is 0. The van der Waals surface area contributed by atoms with E-state index in [-0.39, 0.29) is 11.2 Å². The maximum atomic E-state index is 12.4. The lowest BCUT2D eigenvalue weighted by atomic mass is 9.72. The molecule has 0 bridgehead atoms. The second-order valence-electron chi connectivity index (χ2n) is 7.00. The fraction of sp³-hybridized carbons (Fsp3) is 0.438. The SMILES string of the molecule is CC1(C)CC(=O)C2Sc3nc(-c4ccc(Cl)cc4)nn3C2(O)C1. The van der Waals surface area contributed by atoms with E-state index in [4.69, 9.17) is 11.6 Å². The van der Waals surface area contributed by atoms with Crippen LogP contribution in [0, 0.1) is 5.41 Å². The predicted octanol–water partition coefficient (Wildman–Crippen LogP) is 3.11. The van der Waals surface area contributed by atoms with Gasteiger partial charge in [-0.05, 0) is 29.7 Å². The standard InChI is InChI=1S/C16H16ClN3O2S/c1-15(2)7-11(21)12-16(22,8-15)20-14(23-12)18-13(19-20)9-3-5-10(17)6-4-9/h3-6,12,22H,7-8H2,1-2H3. The molecule has 1 fully saturated rings. The summed E-state index contributed by atoms with van der Waals surface area (Å²) in [6, 6.07) is 7.24. The number of ketones is 1. The third kappa shape index (κ3) is 2.31. The van der Waals surface area contributed by atoms with E-state index in [9.17, 15) is 9.90 Å². The van der Waals surface area contributed by atoms with Crippen LogP contribution in [0.2, 0.25) is 5.02 Å². The van der Waals surface area contributed by atoms with E-state index < -0.39 is 11.0 Å². The van der Waals surface area contributed by atoms with Crippen molar-refractivity contribution >= 4 is 29.1 Å². The number of hydrogen-bond donors (Lipinski definition) is 1. The fourth-order valence-electron chi connectivity index (χ4n) is 3.48. The molecule has 1 aliphatic heterocycles. The van der Waals surface area contributed by atoms with Crippen LogP contribution in [0.1, 0.15) is 26.7 Å². The van der Waals surface area contributed by atoms with Crippen molar-refractivity contribution in [2.45, 2.75) is 42.8 Å². The Morgan fingerprint density at radius 2 is 2.04 bits per heavy atom. The number of benzene rings is 1. The van der Waals surface area contributed by atoms with Gasteiger partial charge in [-0.2, -0.15) is 0 Å². The van der Waals surface area contributed by atoms with E-state index in [1.165, 1.54) is 16.4 Å². The Morgan fingerprint density at radius 1 is 1.35 bits per heavy atom. The average Bonchev–Trinajstić information content (AvgIpc) is 2.97. The molecule has 7 heteroatoms. The van der Waals surface area contributed by atoms with Gasteiger partial charge in [0, 0.05) is 23.4 Å². The van der Waals surface area contributed by atoms with Crippen LogP contribution in [0.15, 0.2) is 29.4 Å². The zero-order valence-corrected chi connectivity index (χ0v) is 14.4. The van der Waals surface area contributed by atoms with Gasteiger partial charge in [-0.1, -0.05) is 37.2 Å². The van der Waals surface area contributed by atoms with E-state index in [2.05, 4.69) is 10.1 Å². The first-order valence-corrected chi connectivity index (χ1v) is 8.70. The van der Waals surface area contributed by atoms with Gasteiger partial charge in [-0.3, -0.25) is 4.79 Å². The van der Waals surface area contributed by atoms with Gasteiger partial charge in [-0.15, -0.1) is 5.10 Å². The molecule has 2 aromatic rings. The molecule has 5 nitrogen and oxygen atoms in total. The number of hydrogen-bond acceptors (Lipinski definition) is 5. The minimum atomic E-state index is -1.30. The van der Waals surface area contributed by atoms with Crippen LogP contribution in [0.3, 0.4) is 0 Å². The lowest BCUT2D eigenvalue weighted by Crippen LogP contribution is -2.52.